The van der Waals surface area contributed by atoms with Crippen molar-refractivity contribution in [2.75, 3.05) is 0 Å². The predicted octanol–water partition coefficient (Wildman–Crippen LogP) is 5.22. The summed E-state index contributed by atoms with van der Waals surface area (Å²) in [5.41, 5.74) is 1.14. The Bertz CT molecular complexity index is 499. The van der Waals surface area contributed by atoms with Crippen molar-refractivity contribution in [1.29, 1.82) is 0 Å². The van der Waals surface area contributed by atoms with Crippen LogP contribution < -0.4 is 0 Å². The third kappa shape index (κ3) is 5.85. The number of unbranched alkanes of at least 4 members (excludes halogenated alkanes) is 7. The first-order valence-corrected chi connectivity index (χ1v) is 10.1. The predicted molar refractivity (Wildman–Crippen MR) is 101 cm³/mol. The van der Waals surface area contributed by atoms with Gasteiger partial charge in [-0.15, -0.1) is 0 Å². The van der Waals surface area contributed by atoms with Gasteiger partial charge in [-0.25, -0.2) is 0 Å². The van der Waals surface area contributed by atoms with Crippen molar-refractivity contribution in [3.05, 3.63) is 35.9 Å². The van der Waals surface area contributed by atoms with E-state index < -0.39 is 18.1 Å². The van der Waals surface area contributed by atoms with Crippen LogP contribution >= 0.6 is 0 Å². The molecule has 1 aromatic rings. The first kappa shape index (κ1) is 20.0. The lowest BCUT2D eigenvalue weighted by Gasteiger charge is -2.24. The number of benzene rings is 1. The van der Waals surface area contributed by atoms with Gasteiger partial charge in [0.05, 0.1) is 5.92 Å². The van der Waals surface area contributed by atoms with Crippen LogP contribution in [0.5, 0.6) is 0 Å². The third-order valence-electron chi connectivity index (χ3n) is 5.45. The maximum absolute atomic E-state index is 12.3. The van der Waals surface area contributed by atoms with E-state index in [1.54, 1.807) is 6.92 Å². The number of carbonyl (C=O) groups is 1. The molecule has 2 rings (SSSR count). The fraction of sp³-hybridized carbons (Fsp3) is 0.682. The van der Waals surface area contributed by atoms with E-state index in [0.29, 0.717) is 0 Å². The van der Waals surface area contributed by atoms with Gasteiger partial charge >= 0.3 is 5.97 Å². The number of aliphatic hydroxyl groups is 1. The molecule has 1 heterocycles. The first-order chi connectivity index (χ1) is 12.1. The first-order valence-electron chi connectivity index (χ1n) is 10.1. The normalized spacial score (nSPS) is 24.3. The van der Waals surface area contributed by atoms with Crippen LogP contribution in [0.1, 0.15) is 83.1 Å². The molecule has 3 nitrogen and oxygen atoms in total. The van der Waals surface area contributed by atoms with Crippen molar-refractivity contribution in [2.45, 2.75) is 89.8 Å². The van der Waals surface area contributed by atoms with Gasteiger partial charge in [0.2, 0.25) is 0 Å². The van der Waals surface area contributed by atoms with Crippen molar-refractivity contribution < 1.29 is 14.6 Å². The van der Waals surface area contributed by atoms with Crippen LogP contribution in [0.25, 0.3) is 0 Å². The molecular weight excluding hydrogens is 312 g/mol. The highest BCUT2D eigenvalue weighted by Gasteiger charge is 2.45. The van der Waals surface area contributed by atoms with Gasteiger partial charge in [-0.3, -0.25) is 4.79 Å². The van der Waals surface area contributed by atoms with Crippen LogP contribution in [0.15, 0.2) is 30.3 Å². The molecule has 0 aliphatic carbocycles. The van der Waals surface area contributed by atoms with Crippen LogP contribution in [0.3, 0.4) is 0 Å². The summed E-state index contributed by atoms with van der Waals surface area (Å²) in [6, 6.07) is 10.1. The Morgan fingerprint density at radius 2 is 1.60 bits per heavy atom. The van der Waals surface area contributed by atoms with E-state index in [0.717, 1.165) is 18.4 Å². The van der Waals surface area contributed by atoms with E-state index in [4.69, 9.17) is 4.74 Å². The minimum Gasteiger partial charge on any atom is -0.460 e. The lowest BCUT2D eigenvalue weighted by molar-refractivity contribution is -0.144. The number of aliphatic hydroxyl groups excluding tert-OH is 1. The summed E-state index contributed by atoms with van der Waals surface area (Å²) in [6.07, 6.45) is 10.0. The Morgan fingerprint density at radius 1 is 1.00 bits per heavy atom. The average Bonchev–Trinajstić information content (AvgIpc) is 2.87. The summed E-state index contributed by atoms with van der Waals surface area (Å²) < 4.78 is 5.28. The summed E-state index contributed by atoms with van der Waals surface area (Å²) >= 11 is 0. The Balaban J connectivity index is 1.87. The average molecular weight is 347 g/mol. The Kier molecular flexibility index (Phi) is 8.47. The summed E-state index contributed by atoms with van der Waals surface area (Å²) in [5, 5.41) is 10.4. The topological polar surface area (TPSA) is 46.5 Å². The van der Waals surface area contributed by atoms with Gasteiger partial charge in [0, 0.05) is 0 Å². The highest BCUT2D eigenvalue weighted by molar-refractivity contribution is 5.77. The molecule has 4 atom stereocenters. The molecule has 1 unspecified atom stereocenters. The van der Waals surface area contributed by atoms with Gasteiger partial charge in [-0.1, -0.05) is 88.6 Å². The summed E-state index contributed by atoms with van der Waals surface area (Å²) in [5.74, 6) is -0.621. The third-order valence-corrected chi connectivity index (χ3v) is 5.45. The largest absolute Gasteiger partial charge is 0.460 e. The molecule has 3 heteroatoms. The molecule has 1 N–H and O–H groups in total. The van der Waals surface area contributed by atoms with Crippen LogP contribution in [-0.2, 0) is 9.53 Å². The molecule has 0 aromatic heterocycles. The van der Waals surface area contributed by atoms with Crippen LogP contribution in [0.2, 0.25) is 0 Å². The SMILES string of the molecule is CCCCCCCCCCC(c1ccccc1)[C@H]1C(=O)O[C@@H](C)[C@H]1O. The second kappa shape index (κ2) is 10.6. The number of cyclic esters (lactones) is 1. The van der Waals surface area contributed by atoms with Gasteiger partial charge in [0.1, 0.15) is 12.2 Å². The van der Waals surface area contributed by atoms with E-state index in [2.05, 4.69) is 19.1 Å². The molecule has 1 aliphatic heterocycles. The maximum atomic E-state index is 12.3. The Labute approximate surface area is 152 Å². The lowest BCUT2D eigenvalue weighted by Crippen LogP contribution is -2.30. The number of ether oxygens (including phenoxy) is 1. The molecule has 0 spiro atoms. The van der Waals surface area contributed by atoms with Crippen molar-refractivity contribution >= 4 is 5.97 Å². The molecule has 0 bridgehead atoms. The van der Waals surface area contributed by atoms with Crippen LogP contribution in [0, 0.1) is 5.92 Å². The fourth-order valence-corrected chi connectivity index (χ4v) is 3.92. The van der Waals surface area contributed by atoms with E-state index in [1.807, 2.05) is 18.2 Å². The molecule has 0 saturated carbocycles. The summed E-state index contributed by atoms with van der Waals surface area (Å²) in [4.78, 5) is 12.3. The van der Waals surface area contributed by atoms with Gasteiger partial charge in [0.25, 0.3) is 0 Å². The second-order valence-electron chi connectivity index (χ2n) is 7.44. The van der Waals surface area contributed by atoms with Crippen molar-refractivity contribution in [2.24, 2.45) is 5.92 Å². The van der Waals surface area contributed by atoms with E-state index in [1.165, 1.54) is 44.9 Å². The van der Waals surface area contributed by atoms with Gasteiger partial charge in [0.15, 0.2) is 0 Å². The molecule has 1 saturated heterocycles. The molecule has 25 heavy (non-hydrogen) atoms. The highest BCUT2D eigenvalue weighted by atomic mass is 16.6. The van der Waals surface area contributed by atoms with Crippen molar-refractivity contribution in [3.8, 4) is 0 Å². The lowest BCUT2D eigenvalue weighted by atomic mass is 9.79. The van der Waals surface area contributed by atoms with Crippen molar-refractivity contribution in [3.63, 3.8) is 0 Å². The number of hydrogen-bond acceptors (Lipinski definition) is 3. The number of hydrogen-bond donors (Lipinski definition) is 1. The zero-order valence-corrected chi connectivity index (χ0v) is 15.8. The summed E-state index contributed by atoms with van der Waals surface area (Å²) in [7, 11) is 0. The number of esters is 1. The van der Waals surface area contributed by atoms with Crippen LogP contribution in [-0.4, -0.2) is 23.3 Å². The van der Waals surface area contributed by atoms with Crippen LogP contribution in [0.4, 0.5) is 0 Å². The molecule has 0 amide bonds. The van der Waals surface area contributed by atoms with Gasteiger partial charge in [-0.05, 0) is 24.8 Å². The number of rotatable bonds is 11. The molecule has 1 aliphatic rings. The maximum Gasteiger partial charge on any atom is 0.312 e. The second-order valence-corrected chi connectivity index (χ2v) is 7.44. The monoisotopic (exact) mass is 346 g/mol. The van der Waals surface area contributed by atoms with E-state index in [9.17, 15) is 9.90 Å². The molecule has 0 radical (unpaired) electrons. The Morgan fingerprint density at radius 3 is 2.16 bits per heavy atom. The molecule has 1 aromatic carbocycles. The van der Waals surface area contributed by atoms with Crippen molar-refractivity contribution in [1.82, 2.24) is 0 Å². The van der Waals surface area contributed by atoms with Gasteiger partial charge < -0.3 is 9.84 Å². The van der Waals surface area contributed by atoms with Gasteiger partial charge in [-0.2, -0.15) is 0 Å². The summed E-state index contributed by atoms with van der Waals surface area (Å²) in [6.45, 7) is 4.02. The zero-order valence-electron chi connectivity index (χ0n) is 15.8. The molecular formula is C22H34O3. The highest BCUT2D eigenvalue weighted by Crippen LogP contribution is 2.38. The molecule has 140 valence electrons. The minimum atomic E-state index is -0.702. The zero-order chi connectivity index (χ0) is 18.1. The smallest absolute Gasteiger partial charge is 0.312 e. The van der Waals surface area contributed by atoms with E-state index in [-0.39, 0.29) is 11.9 Å². The molecule has 1 fully saturated rings. The standard InChI is InChI=1S/C22H34O3/c1-3-4-5-6-7-8-9-13-16-19(18-14-11-10-12-15-18)20-21(23)17(2)25-22(20)24/h10-12,14-15,17,19-21,23H,3-9,13,16H2,1-2H3/t17-,19?,20+,21+/m0/s1. The fourth-order valence-electron chi connectivity index (χ4n) is 3.92. The quantitative estimate of drug-likeness (QED) is 0.441. The minimum absolute atomic E-state index is 0.0498. The van der Waals surface area contributed by atoms with E-state index >= 15 is 0 Å². The Hall–Kier alpha value is -1.35. The number of carbonyl (C=O) groups excluding carboxylic acids is 1.